The SMILES string of the molecule is COCCNc1cncc(N2C(=O)C(C)(C)c3ccc(-c4cnc(C)nc4)cc32)n1. The van der Waals surface area contributed by atoms with E-state index in [1.165, 1.54) is 0 Å². The Labute approximate surface area is 175 Å². The van der Waals surface area contributed by atoms with Crippen molar-refractivity contribution in [2.45, 2.75) is 26.2 Å². The zero-order chi connectivity index (χ0) is 21.3. The van der Waals surface area contributed by atoms with E-state index in [1.807, 2.05) is 39.0 Å². The van der Waals surface area contributed by atoms with Gasteiger partial charge < -0.3 is 10.1 Å². The first kappa shape index (κ1) is 19.9. The van der Waals surface area contributed by atoms with Gasteiger partial charge in [0.05, 0.1) is 30.1 Å². The number of benzene rings is 1. The smallest absolute Gasteiger partial charge is 0.242 e. The van der Waals surface area contributed by atoms with Crippen molar-refractivity contribution < 1.29 is 9.53 Å². The number of fused-ring (bicyclic) bond motifs is 1. The topological polar surface area (TPSA) is 93.1 Å². The van der Waals surface area contributed by atoms with Gasteiger partial charge >= 0.3 is 0 Å². The lowest BCUT2D eigenvalue weighted by molar-refractivity contribution is -0.121. The lowest BCUT2D eigenvalue weighted by Gasteiger charge is -2.20. The second kappa shape index (κ2) is 7.79. The summed E-state index contributed by atoms with van der Waals surface area (Å²) in [5.74, 6) is 1.74. The van der Waals surface area contributed by atoms with Crippen LogP contribution in [0.2, 0.25) is 0 Å². The van der Waals surface area contributed by atoms with E-state index in [1.54, 1.807) is 36.8 Å². The number of aryl methyl sites for hydroxylation is 1. The minimum atomic E-state index is -0.668. The summed E-state index contributed by atoms with van der Waals surface area (Å²) < 4.78 is 5.06. The Bertz CT molecular complexity index is 1080. The molecule has 2 aromatic heterocycles. The molecule has 0 saturated carbocycles. The van der Waals surface area contributed by atoms with Crippen LogP contribution < -0.4 is 10.2 Å². The maximum absolute atomic E-state index is 13.3. The number of anilines is 3. The standard InChI is InChI=1S/C22H24N6O2/c1-14-25-10-16(11-26-14)15-5-6-17-18(9-15)28(21(29)22(17,2)3)20-13-23-12-19(27-20)24-7-8-30-4/h5-6,9-13H,7-8H2,1-4H3,(H,24,27). The van der Waals surface area contributed by atoms with Crippen LogP contribution in [0.25, 0.3) is 11.1 Å². The molecule has 1 aromatic carbocycles. The highest BCUT2D eigenvalue weighted by atomic mass is 16.5. The predicted octanol–water partition coefficient (Wildman–Crippen LogP) is 3.26. The van der Waals surface area contributed by atoms with Crippen LogP contribution in [-0.2, 0) is 14.9 Å². The second-order valence-electron chi connectivity index (χ2n) is 7.70. The Morgan fingerprint density at radius 2 is 1.87 bits per heavy atom. The average molecular weight is 404 g/mol. The van der Waals surface area contributed by atoms with Crippen molar-refractivity contribution in [3.8, 4) is 11.1 Å². The Hall–Kier alpha value is -3.39. The molecule has 0 aliphatic carbocycles. The van der Waals surface area contributed by atoms with E-state index < -0.39 is 5.41 Å². The maximum Gasteiger partial charge on any atom is 0.242 e. The quantitative estimate of drug-likeness (QED) is 0.630. The van der Waals surface area contributed by atoms with Gasteiger partial charge in [-0.1, -0.05) is 12.1 Å². The molecule has 154 valence electrons. The van der Waals surface area contributed by atoms with Crippen LogP contribution in [0.3, 0.4) is 0 Å². The third kappa shape index (κ3) is 3.50. The molecule has 30 heavy (non-hydrogen) atoms. The zero-order valence-corrected chi connectivity index (χ0v) is 17.5. The molecule has 1 aliphatic heterocycles. The van der Waals surface area contributed by atoms with E-state index in [4.69, 9.17) is 4.74 Å². The van der Waals surface area contributed by atoms with E-state index in [-0.39, 0.29) is 5.91 Å². The van der Waals surface area contributed by atoms with Gasteiger partial charge in [0.25, 0.3) is 0 Å². The Morgan fingerprint density at radius 3 is 2.60 bits per heavy atom. The number of hydrogen-bond donors (Lipinski definition) is 1. The fourth-order valence-corrected chi connectivity index (χ4v) is 3.53. The molecule has 0 radical (unpaired) electrons. The highest BCUT2D eigenvalue weighted by Gasteiger charge is 2.45. The van der Waals surface area contributed by atoms with Crippen LogP contribution in [0.15, 0.2) is 43.0 Å². The first-order chi connectivity index (χ1) is 14.4. The number of nitrogens with one attached hydrogen (secondary N) is 1. The summed E-state index contributed by atoms with van der Waals surface area (Å²) in [5.41, 5.74) is 2.90. The number of amides is 1. The number of hydrogen-bond acceptors (Lipinski definition) is 7. The minimum absolute atomic E-state index is 0.0434. The third-order valence-electron chi connectivity index (χ3n) is 5.23. The summed E-state index contributed by atoms with van der Waals surface area (Å²) in [4.78, 5) is 32.4. The molecule has 0 saturated heterocycles. The second-order valence-corrected chi connectivity index (χ2v) is 7.70. The van der Waals surface area contributed by atoms with Crippen molar-refractivity contribution in [3.05, 3.63) is 54.4 Å². The van der Waals surface area contributed by atoms with Gasteiger partial charge in [0.2, 0.25) is 5.91 Å². The minimum Gasteiger partial charge on any atom is -0.383 e. The molecule has 0 spiro atoms. The summed E-state index contributed by atoms with van der Waals surface area (Å²) in [6.45, 7) is 6.85. The summed E-state index contributed by atoms with van der Waals surface area (Å²) in [6, 6.07) is 5.99. The normalized spacial score (nSPS) is 14.7. The molecule has 8 nitrogen and oxygen atoms in total. The third-order valence-corrected chi connectivity index (χ3v) is 5.23. The fraction of sp³-hybridized carbons (Fsp3) is 0.318. The van der Waals surface area contributed by atoms with Gasteiger partial charge in [0, 0.05) is 31.6 Å². The van der Waals surface area contributed by atoms with Crippen molar-refractivity contribution in [2.24, 2.45) is 0 Å². The van der Waals surface area contributed by atoms with Crippen molar-refractivity contribution in [1.29, 1.82) is 0 Å². The molecular formula is C22H24N6O2. The number of carbonyl (C=O) groups is 1. The number of rotatable bonds is 6. The van der Waals surface area contributed by atoms with Gasteiger partial charge in [-0.25, -0.2) is 15.0 Å². The molecule has 0 atom stereocenters. The summed E-state index contributed by atoms with van der Waals surface area (Å²) in [5, 5.41) is 3.16. The van der Waals surface area contributed by atoms with Crippen LogP contribution in [0, 0.1) is 6.92 Å². The zero-order valence-electron chi connectivity index (χ0n) is 17.5. The van der Waals surface area contributed by atoms with Gasteiger partial charge in [0.15, 0.2) is 5.82 Å². The Morgan fingerprint density at radius 1 is 1.10 bits per heavy atom. The van der Waals surface area contributed by atoms with Gasteiger partial charge in [0.1, 0.15) is 11.6 Å². The first-order valence-electron chi connectivity index (χ1n) is 9.75. The van der Waals surface area contributed by atoms with E-state index in [0.717, 1.165) is 22.4 Å². The maximum atomic E-state index is 13.3. The first-order valence-corrected chi connectivity index (χ1v) is 9.75. The van der Waals surface area contributed by atoms with Crippen LogP contribution in [-0.4, -0.2) is 46.1 Å². The molecule has 4 rings (SSSR count). The monoisotopic (exact) mass is 404 g/mol. The molecule has 0 unspecified atom stereocenters. The van der Waals surface area contributed by atoms with Crippen molar-refractivity contribution >= 4 is 23.2 Å². The highest BCUT2D eigenvalue weighted by Crippen LogP contribution is 2.46. The lowest BCUT2D eigenvalue weighted by Crippen LogP contribution is -2.33. The molecule has 0 fully saturated rings. The summed E-state index contributed by atoms with van der Waals surface area (Å²) in [6.07, 6.45) is 6.81. The number of nitrogens with zero attached hydrogens (tertiary/aromatic N) is 5. The summed E-state index contributed by atoms with van der Waals surface area (Å²) in [7, 11) is 1.64. The largest absolute Gasteiger partial charge is 0.383 e. The molecule has 1 N–H and O–H groups in total. The Balaban J connectivity index is 1.76. The lowest BCUT2D eigenvalue weighted by atomic mass is 9.85. The molecule has 8 heteroatoms. The van der Waals surface area contributed by atoms with E-state index in [2.05, 4.69) is 25.3 Å². The van der Waals surface area contributed by atoms with Crippen LogP contribution in [0.1, 0.15) is 25.2 Å². The Kier molecular flexibility index (Phi) is 5.17. The molecule has 0 bridgehead atoms. The van der Waals surface area contributed by atoms with E-state index >= 15 is 0 Å². The van der Waals surface area contributed by atoms with Gasteiger partial charge in [-0.15, -0.1) is 0 Å². The molecule has 3 heterocycles. The molecule has 1 aliphatic rings. The number of methoxy groups -OCH3 is 1. The van der Waals surface area contributed by atoms with Crippen LogP contribution in [0.4, 0.5) is 17.3 Å². The average Bonchev–Trinajstić information content (AvgIpc) is 2.94. The van der Waals surface area contributed by atoms with Gasteiger partial charge in [-0.3, -0.25) is 14.7 Å². The molecular weight excluding hydrogens is 380 g/mol. The molecule has 1 amide bonds. The van der Waals surface area contributed by atoms with Crippen LogP contribution >= 0.6 is 0 Å². The predicted molar refractivity (Wildman–Crippen MR) is 115 cm³/mol. The van der Waals surface area contributed by atoms with Crippen molar-refractivity contribution in [1.82, 2.24) is 19.9 Å². The fourth-order valence-electron chi connectivity index (χ4n) is 3.53. The molecule has 3 aromatic rings. The summed E-state index contributed by atoms with van der Waals surface area (Å²) >= 11 is 0. The number of ether oxygens (including phenoxy) is 1. The van der Waals surface area contributed by atoms with Crippen LogP contribution in [0.5, 0.6) is 0 Å². The van der Waals surface area contributed by atoms with Gasteiger partial charge in [-0.05, 0) is 38.0 Å². The van der Waals surface area contributed by atoms with E-state index in [9.17, 15) is 4.79 Å². The van der Waals surface area contributed by atoms with E-state index in [0.29, 0.717) is 30.6 Å². The van der Waals surface area contributed by atoms with Crippen molar-refractivity contribution in [2.75, 3.05) is 30.5 Å². The number of aromatic nitrogens is 4. The van der Waals surface area contributed by atoms with Crippen molar-refractivity contribution in [3.63, 3.8) is 0 Å². The highest BCUT2D eigenvalue weighted by molar-refractivity contribution is 6.12. The number of carbonyl (C=O) groups excluding carboxylic acids is 1. The van der Waals surface area contributed by atoms with Gasteiger partial charge in [-0.2, -0.15) is 0 Å².